The van der Waals surface area contributed by atoms with Crippen LogP contribution in [-0.2, 0) is 4.89 Å². The fraction of sp³-hybridized carbons (Fsp3) is 1.00. The van der Waals surface area contributed by atoms with E-state index in [4.69, 9.17) is 5.26 Å². The van der Waals surface area contributed by atoms with Crippen molar-refractivity contribution < 1.29 is 15.3 Å². The normalized spacial score (nSPS) is 15.7. The lowest BCUT2D eigenvalue weighted by molar-refractivity contribution is -0.298. The van der Waals surface area contributed by atoms with Crippen molar-refractivity contribution in [3.63, 3.8) is 0 Å². The van der Waals surface area contributed by atoms with E-state index in [1.54, 1.807) is 0 Å². The molecular formula is C10H22O3. The summed E-state index contributed by atoms with van der Waals surface area (Å²) >= 11 is 0. The first-order chi connectivity index (χ1) is 6.26. The van der Waals surface area contributed by atoms with Gasteiger partial charge in [-0.3, -0.25) is 5.26 Å². The van der Waals surface area contributed by atoms with Gasteiger partial charge < -0.3 is 5.11 Å². The summed E-state index contributed by atoms with van der Waals surface area (Å²) in [5.41, 5.74) is 0. The molecule has 0 aliphatic heterocycles. The maximum Gasteiger partial charge on any atom is 0.118 e. The fourth-order valence-corrected chi connectivity index (χ4v) is 1.32. The number of hydrogen-bond donors (Lipinski definition) is 2. The number of unbranched alkanes of at least 4 members (excludes halogenated alkanes) is 2. The minimum absolute atomic E-state index is 0.397. The van der Waals surface area contributed by atoms with E-state index in [0.29, 0.717) is 6.42 Å². The second kappa shape index (κ2) is 8.48. The minimum atomic E-state index is -0.517. The van der Waals surface area contributed by atoms with E-state index in [1.807, 2.05) is 0 Å². The minimum Gasteiger partial charge on any atom is -0.390 e. The molecule has 0 rings (SSSR count). The van der Waals surface area contributed by atoms with Crippen molar-refractivity contribution >= 4 is 0 Å². The molecule has 0 aliphatic rings. The van der Waals surface area contributed by atoms with Gasteiger partial charge in [0.05, 0.1) is 6.10 Å². The Morgan fingerprint density at radius 1 is 1.08 bits per heavy atom. The van der Waals surface area contributed by atoms with Crippen LogP contribution in [0.15, 0.2) is 0 Å². The highest BCUT2D eigenvalue weighted by atomic mass is 17.1. The average molecular weight is 190 g/mol. The molecule has 0 aromatic carbocycles. The lowest BCUT2D eigenvalue weighted by Crippen LogP contribution is -2.28. The summed E-state index contributed by atoms with van der Waals surface area (Å²) in [6.45, 7) is 4.15. The Morgan fingerprint density at radius 2 is 1.62 bits per heavy atom. The summed E-state index contributed by atoms with van der Waals surface area (Å²) in [7, 11) is 0. The molecule has 0 amide bonds. The molecule has 0 fully saturated rings. The molecule has 0 saturated carbocycles. The molecule has 3 nitrogen and oxygen atoms in total. The van der Waals surface area contributed by atoms with Crippen LogP contribution in [0.3, 0.4) is 0 Å². The molecule has 0 aliphatic carbocycles. The molecule has 0 saturated heterocycles. The van der Waals surface area contributed by atoms with Crippen molar-refractivity contribution in [1.82, 2.24) is 0 Å². The van der Waals surface area contributed by atoms with E-state index in [2.05, 4.69) is 18.7 Å². The monoisotopic (exact) mass is 190 g/mol. The smallest absolute Gasteiger partial charge is 0.118 e. The molecule has 0 bridgehead atoms. The van der Waals surface area contributed by atoms with Crippen molar-refractivity contribution in [2.24, 2.45) is 0 Å². The first kappa shape index (κ1) is 12.9. The Labute approximate surface area is 80.7 Å². The van der Waals surface area contributed by atoms with Gasteiger partial charge in [-0.05, 0) is 12.8 Å². The van der Waals surface area contributed by atoms with Crippen LogP contribution in [0.1, 0.15) is 52.4 Å². The molecule has 13 heavy (non-hydrogen) atoms. The number of aliphatic hydroxyl groups excluding tert-OH is 1. The highest BCUT2D eigenvalue weighted by Crippen LogP contribution is 2.13. The van der Waals surface area contributed by atoms with Crippen LogP contribution in [0.4, 0.5) is 0 Å². The summed E-state index contributed by atoms with van der Waals surface area (Å²) in [6, 6.07) is 0. The van der Waals surface area contributed by atoms with Crippen molar-refractivity contribution in [3.8, 4) is 0 Å². The van der Waals surface area contributed by atoms with Crippen molar-refractivity contribution in [3.05, 3.63) is 0 Å². The van der Waals surface area contributed by atoms with Gasteiger partial charge in [0, 0.05) is 0 Å². The maximum atomic E-state index is 9.58. The number of rotatable bonds is 8. The van der Waals surface area contributed by atoms with Gasteiger partial charge >= 0.3 is 0 Å². The summed E-state index contributed by atoms with van der Waals surface area (Å²) in [5, 5.41) is 18.1. The van der Waals surface area contributed by atoms with Gasteiger partial charge in [0.2, 0.25) is 0 Å². The van der Waals surface area contributed by atoms with Crippen LogP contribution in [0.2, 0.25) is 0 Å². The van der Waals surface area contributed by atoms with Crippen LogP contribution in [0.5, 0.6) is 0 Å². The lowest BCUT2D eigenvalue weighted by atomic mass is 10.0. The second-order valence-corrected chi connectivity index (χ2v) is 3.50. The molecule has 2 N–H and O–H groups in total. The first-order valence-corrected chi connectivity index (χ1v) is 5.24. The molecule has 0 aromatic rings. The largest absolute Gasteiger partial charge is 0.390 e. The number of aliphatic hydroxyl groups is 1. The third kappa shape index (κ3) is 6.02. The molecule has 0 aromatic heterocycles. The zero-order chi connectivity index (χ0) is 10.1. The van der Waals surface area contributed by atoms with Crippen LogP contribution in [0.25, 0.3) is 0 Å². The molecular weight excluding hydrogens is 168 g/mol. The van der Waals surface area contributed by atoms with E-state index in [1.165, 1.54) is 0 Å². The van der Waals surface area contributed by atoms with Gasteiger partial charge in [-0.15, -0.1) is 0 Å². The highest BCUT2D eigenvalue weighted by Gasteiger charge is 2.18. The van der Waals surface area contributed by atoms with Crippen LogP contribution in [0, 0.1) is 0 Å². The maximum absolute atomic E-state index is 9.58. The Kier molecular flexibility index (Phi) is 8.40. The molecule has 2 atom stereocenters. The highest BCUT2D eigenvalue weighted by molar-refractivity contribution is 4.67. The molecule has 0 spiro atoms. The van der Waals surface area contributed by atoms with Crippen LogP contribution >= 0.6 is 0 Å². The van der Waals surface area contributed by atoms with Crippen LogP contribution < -0.4 is 0 Å². The third-order valence-corrected chi connectivity index (χ3v) is 2.26. The predicted molar refractivity (Wildman–Crippen MR) is 52.6 cm³/mol. The molecule has 3 heteroatoms. The van der Waals surface area contributed by atoms with Gasteiger partial charge in [0.15, 0.2) is 0 Å². The molecule has 2 unspecified atom stereocenters. The van der Waals surface area contributed by atoms with E-state index in [-0.39, 0.29) is 0 Å². The van der Waals surface area contributed by atoms with Crippen molar-refractivity contribution in [1.29, 1.82) is 0 Å². The van der Waals surface area contributed by atoms with E-state index in [0.717, 1.165) is 32.1 Å². The fourth-order valence-electron chi connectivity index (χ4n) is 1.32. The van der Waals surface area contributed by atoms with Gasteiger partial charge in [0.25, 0.3) is 0 Å². The SMILES string of the molecule is CCCCC(O)C(CCCC)OO. The van der Waals surface area contributed by atoms with Gasteiger partial charge in [-0.1, -0.05) is 39.5 Å². The molecule has 0 radical (unpaired) electrons. The third-order valence-electron chi connectivity index (χ3n) is 2.26. The first-order valence-electron chi connectivity index (χ1n) is 5.24. The van der Waals surface area contributed by atoms with Gasteiger partial charge in [0.1, 0.15) is 6.10 Å². The lowest BCUT2D eigenvalue weighted by Gasteiger charge is -2.19. The van der Waals surface area contributed by atoms with E-state index in [9.17, 15) is 5.11 Å². The second-order valence-electron chi connectivity index (χ2n) is 3.50. The van der Waals surface area contributed by atoms with Crippen LogP contribution in [-0.4, -0.2) is 22.6 Å². The summed E-state index contributed by atoms with van der Waals surface area (Å²) in [6.07, 6.45) is 4.61. The summed E-state index contributed by atoms with van der Waals surface area (Å²) in [5.74, 6) is 0. The average Bonchev–Trinajstić information content (AvgIpc) is 2.16. The Bertz CT molecular complexity index is 106. The molecule has 0 heterocycles. The Morgan fingerprint density at radius 3 is 2.08 bits per heavy atom. The van der Waals surface area contributed by atoms with Crippen molar-refractivity contribution in [2.75, 3.05) is 0 Å². The zero-order valence-electron chi connectivity index (χ0n) is 8.70. The predicted octanol–water partition coefficient (Wildman–Crippen LogP) is 2.59. The van der Waals surface area contributed by atoms with Crippen molar-refractivity contribution in [2.45, 2.75) is 64.6 Å². The van der Waals surface area contributed by atoms with E-state index >= 15 is 0 Å². The van der Waals surface area contributed by atoms with Gasteiger partial charge in [-0.2, -0.15) is 0 Å². The summed E-state index contributed by atoms with van der Waals surface area (Å²) in [4.78, 5) is 4.26. The topological polar surface area (TPSA) is 49.7 Å². The number of hydrogen-bond acceptors (Lipinski definition) is 3. The standard InChI is InChI=1S/C10H22O3/c1-3-5-7-9(11)10(13-12)8-6-4-2/h9-12H,3-8H2,1-2H3. The molecule has 80 valence electrons. The van der Waals surface area contributed by atoms with Gasteiger partial charge in [-0.25, -0.2) is 4.89 Å². The Balaban J connectivity index is 3.63. The quantitative estimate of drug-likeness (QED) is 0.457. The zero-order valence-corrected chi connectivity index (χ0v) is 8.70. The Hall–Kier alpha value is -0.120. The van der Waals surface area contributed by atoms with E-state index < -0.39 is 12.2 Å². The summed E-state index contributed by atoms with van der Waals surface area (Å²) < 4.78 is 0.